The second-order valence-electron chi connectivity index (χ2n) is 7.65. The van der Waals surface area contributed by atoms with Crippen LogP contribution in [0.25, 0.3) is 11.3 Å². The van der Waals surface area contributed by atoms with E-state index < -0.39 is 0 Å². The minimum absolute atomic E-state index is 0.110. The molecule has 1 aromatic heterocycles. The molecule has 4 rings (SSSR count). The van der Waals surface area contributed by atoms with Crippen LogP contribution in [-0.2, 0) is 6.42 Å². The van der Waals surface area contributed by atoms with Gasteiger partial charge in [0.15, 0.2) is 0 Å². The van der Waals surface area contributed by atoms with Gasteiger partial charge in [0.05, 0.1) is 24.8 Å². The predicted octanol–water partition coefficient (Wildman–Crippen LogP) is 4.90. The maximum Gasteiger partial charge on any atom is 0.251 e. The number of hydrogen-bond donors (Lipinski definition) is 1. The van der Waals surface area contributed by atoms with Crippen LogP contribution in [0.3, 0.4) is 0 Å². The zero-order valence-corrected chi connectivity index (χ0v) is 18.0. The van der Waals surface area contributed by atoms with Crippen LogP contribution < -0.4 is 10.1 Å². The molecule has 0 radical (unpaired) electrons. The molecule has 1 heterocycles. The van der Waals surface area contributed by atoms with Crippen LogP contribution in [0.1, 0.15) is 40.0 Å². The summed E-state index contributed by atoms with van der Waals surface area (Å²) in [6, 6.07) is 14.0. The van der Waals surface area contributed by atoms with Crippen molar-refractivity contribution in [3.8, 4) is 11.4 Å². The third-order valence-corrected chi connectivity index (χ3v) is 5.41. The van der Waals surface area contributed by atoms with Gasteiger partial charge in [-0.1, -0.05) is 42.5 Å². The molecule has 2 aromatic carbocycles. The molecule has 0 unspecified atom stereocenters. The molecule has 1 aliphatic rings. The quantitative estimate of drug-likeness (QED) is 0.600. The summed E-state index contributed by atoms with van der Waals surface area (Å²) in [5, 5.41) is 3.00. The first-order valence-electron chi connectivity index (χ1n) is 10.6. The summed E-state index contributed by atoms with van der Waals surface area (Å²) < 4.78 is 7.38. The van der Waals surface area contributed by atoms with Crippen LogP contribution in [0.4, 0.5) is 0 Å². The van der Waals surface area contributed by atoms with Crippen LogP contribution >= 0.6 is 0 Å². The standard InChI is InChI=1S/C26H27N3O2/c1-19-17-29(18-28-19)24-13-12-23(16-25(24)31-2)26(30)27-15-14-20-8-10-22(11-9-20)21-6-4-3-5-7-21/h4,6-13,16-18H,3,5,14-15H2,1-2H3,(H,27,30). The van der Waals surface area contributed by atoms with Crippen molar-refractivity contribution in [2.45, 2.75) is 26.2 Å². The monoisotopic (exact) mass is 413 g/mol. The van der Waals surface area contributed by atoms with Crippen molar-refractivity contribution in [1.29, 1.82) is 0 Å². The van der Waals surface area contributed by atoms with E-state index in [1.807, 2.05) is 29.8 Å². The molecule has 0 fully saturated rings. The Kier molecular flexibility index (Phi) is 6.32. The molecular weight excluding hydrogens is 386 g/mol. The molecule has 0 spiro atoms. The highest BCUT2D eigenvalue weighted by molar-refractivity contribution is 5.95. The van der Waals surface area contributed by atoms with Gasteiger partial charge in [0.2, 0.25) is 0 Å². The minimum Gasteiger partial charge on any atom is -0.495 e. The number of aryl methyl sites for hydroxylation is 1. The molecule has 0 aliphatic heterocycles. The van der Waals surface area contributed by atoms with Gasteiger partial charge in [-0.15, -0.1) is 0 Å². The van der Waals surface area contributed by atoms with Crippen molar-refractivity contribution in [2.24, 2.45) is 0 Å². The molecule has 158 valence electrons. The fourth-order valence-corrected chi connectivity index (χ4v) is 3.70. The number of hydrogen-bond acceptors (Lipinski definition) is 3. The van der Waals surface area contributed by atoms with Gasteiger partial charge < -0.3 is 14.6 Å². The average Bonchev–Trinajstić information content (AvgIpc) is 3.25. The van der Waals surface area contributed by atoms with E-state index in [2.05, 4.69) is 52.8 Å². The number of amides is 1. The maximum atomic E-state index is 12.6. The number of carbonyl (C=O) groups excluding carboxylic acids is 1. The van der Waals surface area contributed by atoms with E-state index in [1.165, 1.54) is 16.7 Å². The summed E-state index contributed by atoms with van der Waals surface area (Å²) in [5.41, 5.74) is 6.07. The SMILES string of the molecule is COc1cc(C(=O)NCCc2ccc(C3=CCCC=C3)cc2)ccc1-n1cnc(C)c1. The Hall–Kier alpha value is -3.60. The van der Waals surface area contributed by atoms with Gasteiger partial charge in [-0.2, -0.15) is 0 Å². The van der Waals surface area contributed by atoms with Gasteiger partial charge >= 0.3 is 0 Å². The molecular formula is C26H27N3O2. The molecule has 5 heteroatoms. The van der Waals surface area contributed by atoms with E-state index in [1.54, 1.807) is 19.5 Å². The average molecular weight is 414 g/mol. The summed E-state index contributed by atoms with van der Waals surface area (Å²) in [6.07, 6.45) is 13.4. The molecule has 1 N–H and O–H groups in total. The largest absolute Gasteiger partial charge is 0.495 e. The van der Waals surface area contributed by atoms with Crippen molar-refractivity contribution < 1.29 is 9.53 Å². The van der Waals surface area contributed by atoms with Crippen LogP contribution in [0.5, 0.6) is 5.75 Å². The van der Waals surface area contributed by atoms with Crippen molar-refractivity contribution in [2.75, 3.05) is 13.7 Å². The smallest absolute Gasteiger partial charge is 0.251 e. The zero-order chi connectivity index (χ0) is 21.6. The van der Waals surface area contributed by atoms with Crippen LogP contribution in [0.2, 0.25) is 0 Å². The van der Waals surface area contributed by atoms with E-state index in [-0.39, 0.29) is 5.91 Å². The number of carbonyl (C=O) groups is 1. The Bertz CT molecular complexity index is 1120. The molecule has 1 amide bonds. The number of nitrogens with one attached hydrogen (secondary N) is 1. The zero-order valence-electron chi connectivity index (χ0n) is 18.0. The summed E-state index contributed by atoms with van der Waals surface area (Å²) in [4.78, 5) is 16.9. The normalized spacial score (nSPS) is 13.0. The summed E-state index contributed by atoms with van der Waals surface area (Å²) in [7, 11) is 1.60. The third kappa shape index (κ3) is 4.94. The van der Waals surface area contributed by atoms with Crippen molar-refractivity contribution in [1.82, 2.24) is 14.9 Å². The number of nitrogens with zero attached hydrogens (tertiary/aromatic N) is 2. The van der Waals surface area contributed by atoms with E-state index in [4.69, 9.17) is 4.74 Å². The van der Waals surface area contributed by atoms with Gasteiger partial charge in [-0.05, 0) is 61.1 Å². The van der Waals surface area contributed by atoms with Crippen molar-refractivity contribution >= 4 is 11.5 Å². The Labute approximate surface area is 183 Å². The van der Waals surface area contributed by atoms with Gasteiger partial charge in [-0.25, -0.2) is 4.98 Å². The Morgan fingerprint density at radius 1 is 1.16 bits per heavy atom. The number of rotatable bonds is 7. The minimum atomic E-state index is -0.110. The first kappa shape index (κ1) is 20.7. The summed E-state index contributed by atoms with van der Waals surface area (Å²) >= 11 is 0. The van der Waals surface area contributed by atoms with Crippen molar-refractivity contribution in [3.63, 3.8) is 0 Å². The van der Waals surface area contributed by atoms with Gasteiger partial charge in [0, 0.05) is 18.3 Å². The fourth-order valence-electron chi connectivity index (χ4n) is 3.70. The van der Waals surface area contributed by atoms with E-state index in [0.29, 0.717) is 17.9 Å². The second kappa shape index (κ2) is 9.47. The number of methoxy groups -OCH3 is 1. The number of aromatic nitrogens is 2. The van der Waals surface area contributed by atoms with Gasteiger partial charge in [0.25, 0.3) is 5.91 Å². The highest BCUT2D eigenvalue weighted by Gasteiger charge is 2.12. The first-order chi connectivity index (χ1) is 15.1. The molecule has 1 aliphatic carbocycles. The molecule has 3 aromatic rings. The van der Waals surface area contributed by atoms with E-state index in [0.717, 1.165) is 30.6 Å². The van der Waals surface area contributed by atoms with Crippen LogP contribution in [0, 0.1) is 6.92 Å². The molecule has 31 heavy (non-hydrogen) atoms. The molecule has 0 bridgehead atoms. The Morgan fingerprint density at radius 3 is 2.68 bits per heavy atom. The van der Waals surface area contributed by atoms with Gasteiger partial charge in [-0.3, -0.25) is 4.79 Å². The molecule has 0 saturated carbocycles. The third-order valence-electron chi connectivity index (χ3n) is 5.41. The van der Waals surface area contributed by atoms with Crippen LogP contribution in [-0.4, -0.2) is 29.1 Å². The Balaban J connectivity index is 1.35. The predicted molar refractivity (Wildman–Crippen MR) is 124 cm³/mol. The molecule has 0 atom stereocenters. The van der Waals surface area contributed by atoms with E-state index in [9.17, 15) is 4.79 Å². The lowest BCUT2D eigenvalue weighted by molar-refractivity contribution is 0.0954. The number of benzene rings is 2. The first-order valence-corrected chi connectivity index (χ1v) is 10.6. The van der Waals surface area contributed by atoms with Crippen molar-refractivity contribution in [3.05, 3.63) is 95.6 Å². The highest BCUT2D eigenvalue weighted by Crippen LogP contribution is 2.25. The lowest BCUT2D eigenvalue weighted by Gasteiger charge is -2.12. The summed E-state index contributed by atoms with van der Waals surface area (Å²) in [6.45, 7) is 2.51. The number of imidazole rings is 1. The highest BCUT2D eigenvalue weighted by atomic mass is 16.5. The van der Waals surface area contributed by atoms with Crippen LogP contribution in [0.15, 0.2) is 73.2 Å². The maximum absolute atomic E-state index is 12.6. The molecule has 0 saturated heterocycles. The lowest BCUT2D eigenvalue weighted by atomic mass is 9.98. The fraction of sp³-hybridized carbons (Fsp3) is 0.231. The topological polar surface area (TPSA) is 56.1 Å². The Morgan fingerprint density at radius 2 is 2.00 bits per heavy atom. The van der Waals surface area contributed by atoms with E-state index >= 15 is 0 Å². The summed E-state index contributed by atoms with van der Waals surface area (Å²) in [5.74, 6) is 0.521. The number of ether oxygens (including phenoxy) is 1. The van der Waals surface area contributed by atoms with Gasteiger partial charge in [0.1, 0.15) is 5.75 Å². The lowest BCUT2D eigenvalue weighted by Crippen LogP contribution is -2.25. The number of allylic oxidation sites excluding steroid dienone is 4. The second-order valence-corrected chi connectivity index (χ2v) is 7.65. The molecule has 5 nitrogen and oxygen atoms in total.